The van der Waals surface area contributed by atoms with Gasteiger partial charge < -0.3 is 10.4 Å². The average molecular weight is 293 g/mol. The molecule has 0 aliphatic carbocycles. The molecular weight excluding hydrogens is 277 g/mol. The minimum atomic E-state index is -0.693. The molecule has 0 aromatic heterocycles. The molecule has 0 bridgehead atoms. The summed E-state index contributed by atoms with van der Waals surface area (Å²) in [6.45, 7) is 4.26. The van der Waals surface area contributed by atoms with E-state index in [1.165, 1.54) is 0 Å². The Kier molecular flexibility index (Phi) is 4.44. The molecule has 0 heterocycles. The SMILES string of the molecule is CCC(C)(O)CNc1cc(Cl)ccc1Br. The number of benzene rings is 1. The molecule has 84 valence electrons. The van der Waals surface area contributed by atoms with Gasteiger partial charge in [0.05, 0.1) is 11.3 Å². The second kappa shape index (κ2) is 5.19. The van der Waals surface area contributed by atoms with Crippen molar-refractivity contribution >= 4 is 33.2 Å². The number of hydrogen-bond acceptors (Lipinski definition) is 2. The van der Waals surface area contributed by atoms with E-state index in [0.717, 1.165) is 10.2 Å². The average Bonchev–Trinajstić information content (AvgIpc) is 2.20. The summed E-state index contributed by atoms with van der Waals surface area (Å²) in [6.07, 6.45) is 0.707. The maximum Gasteiger partial charge on any atom is 0.0788 e. The largest absolute Gasteiger partial charge is 0.388 e. The summed E-state index contributed by atoms with van der Waals surface area (Å²) in [6, 6.07) is 5.53. The summed E-state index contributed by atoms with van der Waals surface area (Å²) in [5, 5.41) is 13.7. The lowest BCUT2D eigenvalue weighted by molar-refractivity contribution is 0.0697. The number of hydrogen-bond donors (Lipinski definition) is 2. The van der Waals surface area contributed by atoms with Crippen LogP contribution >= 0.6 is 27.5 Å². The van der Waals surface area contributed by atoms with Gasteiger partial charge in [0.2, 0.25) is 0 Å². The van der Waals surface area contributed by atoms with Crippen LogP contribution in [0.25, 0.3) is 0 Å². The van der Waals surface area contributed by atoms with E-state index in [4.69, 9.17) is 11.6 Å². The Morgan fingerprint density at radius 3 is 2.80 bits per heavy atom. The molecule has 15 heavy (non-hydrogen) atoms. The lowest BCUT2D eigenvalue weighted by atomic mass is 10.0. The van der Waals surface area contributed by atoms with Crippen LogP contribution in [0.2, 0.25) is 5.02 Å². The summed E-state index contributed by atoms with van der Waals surface area (Å²) in [5.41, 5.74) is 0.207. The molecule has 0 fully saturated rings. The molecule has 0 aliphatic heterocycles. The summed E-state index contributed by atoms with van der Waals surface area (Å²) in [5.74, 6) is 0. The second-order valence-corrected chi connectivity index (χ2v) is 5.12. The highest BCUT2D eigenvalue weighted by molar-refractivity contribution is 9.10. The molecule has 0 spiro atoms. The molecular formula is C11H15BrClNO. The molecule has 1 unspecified atom stereocenters. The summed E-state index contributed by atoms with van der Waals surface area (Å²) < 4.78 is 0.943. The highest BCUT2D eigenvalue weighted by Crippen LogP contribution is 2.26. The van der Waals surface area contributed by atoms with Gasteiger partial charge in [-0.25, -0.2) is 0 Å². The lowest BCUT2D eigenvalue weighted by Gasteiger charge is -2.22. The molecule has 1 aromatic rings. The second-order valence-electron chi connectivity index (χ2n) is 3.83. The van der Waals surface area contributed by atoms with Gasteiger partial charge in [-0.15, -0.1) is 0 Å². The minimum Gasteiger partial charge on any atom is -0.388 e. The minimum absolute atomic E-state index is 0.502. The van der Waals surface area contributed by atoms with Crippen molar-refractivity contribution < 1.29 is 5.11 Å². The first kappa shape index (κ1) is 12.8. The van der Waals surface area contributed by atoms with Gasteiger partial charge in [0.25, 0.3) is 0 Å². The van der Waals surface area contributed by atoms with Gasteiger partial charge in [0.15, 0.2) is 0 Å². The van der Waals surface area contributed by atoms with Crippen LogP contribution in [0.5, 0.6) is 0 Å². The molecule has 0 saturated carbocycles. The number of nitrogens with one attached hydrogen (secondary N) is 1. The van der Waals surface area contributed by atoms with E-state index in [-0.39, 0.29) is 0 Å². The Morgan fingerprint density at radius 1 is 1.53 bits per heavy atom. The quantitative estimate of drug-likeness (QED) is 0.887. The molecule has 2 N–H and O–H groups in total. The highest BCUT2D eigenvalue weighted by Gasteiger charge is 2.17. The molecule has 1 atom stereocenters. The Labute approximate surface area is 104 Å². The van der Waals surface area contributed by atoms with E-state index in [0.29, 0.717) is 18.0 Å². The number of aliphatic hydroxyl groups is 1. The zero-order chi connectivity index (χ0) is 11.5. The molecule has 0 amide bonds. The first-order chi connectivity index (χ1) is 6.94. The Balaban J connectivity index is 2.69. The standard InChI is InChI=1S/C11H15BrClNO/c1-3-11(2,15)7-14-10-6-8(13)4-5-9(10)12/h4-6,14-15H,3,7H2,1-2H3. The normalized spacial score (nSPS) is 14.7. The van der Waals surface area contributed by atoms with E-state index >= 15 is 0 Å². The van der Waals surface area contributed by atoms with Crippen molar-refractivity contribution in [2.24, 2.45) is 0 Å². The van der Waals surface area contributed by atoms with Gasteiger partial charge in [0, 0.05) is 16.0 Å². The predicted molar refractivity (Wildman–Crippen MR) is 68.6 cm³/mol. The molecule has 1 aromatic carbocycles. The van der Waals surface area contributed by atoms with Gasteiger partial charge in [-0.1, -0.05) is 18.5 Å². The molecule has 4 heteroatoms. The van der Waals surface area contributed by atoms with Crippen molar-refractivity contribution in [2.75, 3.05) is 11.9 Å². The topological polar surface area (TPSA) is 32.3 Å². The zero-order valence-electron chi connectivity index (χ0n) is 8.85. The van der Waals surface area contributed by atoms with Crippen molar-refractivity contribution in [3.05, 3.63) is 27.7 Å². The molecule has 1 rings (SSSR count). The van der Waals surface area contributed by atoms with Crippen molar-refractivity contribution in [3.8, 4) is 0 Å². The fourth-order valence-corrected chi connectivity index (χ4v) is 1.60. The molecule has 0 aliphatic rings. The van der Waals surface area contributed by atoms with E-state index in [1.807, 2.05) is 25.1 Å². The van der Waals surface area contributed by atoms with E-state index in [1.54, 1.807) is 6.92 Å². The van der Waals surface area contributed by atoms with Crippen molar-refractivity contribution in [1.82, 2.24) is 0 Å². The van der Waals surface area contributed by atoms with Crippen LogP contribution in [-0.2, 0) is 0 Å². The summed E-state index contributed by atoms with van der Waals surface area (Å²) in [4.78, 5) is 0. The number of anilines is 1. The zero-order valence-corrected chi connectivity index (χ0v) is 11.2. The van der Waals surface area contributed by atoms with Gasteiger partial charge in [0.1, 0.15) is 0 Å². The van der Waals surface area contributed by atoms with Crippen molar-refractivity contribution in [3.63, 3.8) is 0 Å². The van der Waals surface area contributed by atoms with Crippen LogP contribution < -0.4 is 5.32 Å². The smallest absolute Gasteiger partial charge is 0.0788 e. The van der Waals surface area contributed by atoms with Crippen LogP contribution in [0.4, 0.5) is 5.69 Å². The number of rotatable bonds is 4. The van der Waals surface area contributed by atoms with Crippen molar-refractivity contribution in [2.45, 2.75) is 25.9 Å². The Hall–Kier alpha value is -0.250. The lowest BCUT2D eigenvalue weighted by Crippen LogP contribution is -2.32. The Bertz CT molecular complexity index is 341. The van der Waals surface area contributed by atoms with Crippen LogP contribution in [0, 0.1) is 0 Å². The summed E-state index contributed by atoms with van der Waals surface area (Å²) in [7, 11) is 0. The third kappa shape index (κ3) is 4.01. The maximum absolute atomic E-state index is 9.83. The Morgan fingerprint density at radius 2 is 2.20 bits per heavy atom. The summed E-state index contributed by atoms with van der Waals surface area (Å²) >= 11 is 9.29. The van der Waals surface area contributed by atoms with Gasteiger partial charge >= 0.3 is 0 Å². The van der Waals surface area contributed by atoms with Gasteiger partial charge in [-0.05, 0) is 47.5 Å². The van der Waals surface area contributed by atoms with Crippen LogP contribution in [0.15, 0.2) is 22.7 Å². The van der Waals surface area contributed by atoms with Crippen LogP contribution in [-0.4, -0.2) is 17.3 Å². The fourth-order valence-electron chi connectivity index (χ4n) is 1.04. The monoisotopic (exact) mass is 291 g/mol. The van der Waals surface area contributed by atoms with Crippen LogP contribution in [0.1, 0.15) is 20.3 Å². The fraction of sp³-hybridized carbons (Fsp3) is 0.455. The first-order valence-electron chi connectivity index (χ1n) is 4.86. The third-order valence-electron chi connectivity index (χ3n) is 2.35. The van der Waals surface area contributed by atoms with E-state index < -0.39 is 5.60 Å². The van der Waals surface area contributed by atoms with E-state index in [9.17, 15) is 5.11 Å². The van der Waals surface area contributed by atoms with E-state index in [2.05, 4.69) is 21.2 Å². The van der Waals surface area contributed by atoms with Gasteiger partial charge in [-0.3, -0.25) is 0 Å². The molecule has 0 saturated heterocycles. The van der Waals surface area contributed by atoms with Crippen LogP contribution in [0.3, 0.4) is 0 Å². The number of halogens is 2. The maximum atomic E-state index is 9.83. The third-order valence-corrected chi connectivity index (χ3v) is 3.28. The highest BCUT2D eigenvalue weighted by atomic mass is 79.9. The van der Waals surface area contributed by atoms with Gasteiger partial charge in [-0.2, -0.15) is 0 Å². The predicted octanol–water partition coefficient (Wildman–Crippen LogP) is 3.68. The molecule has 2 nitrogen and oxygen atoms in total. The van der Waals surface area contributed by atoms with Crippen molar-refractivity contribution in [1.29, 1.82) is 0 Å². The first-order valence-corrected chi connectivity index (χ1v) is 6.03. The molecule has 0 radical (unpaired) electrons.